The molecule has 0 aliphatic carbocycles. The van der Waals surface area contributed by atoms with E-state index >= 15 is 0 Å². The molecule has 0 amide bonds. The van der Waals surface area contributed by atoms with Crippen LogP contribution in [0.15, 0.2) is 18.3 Å². The van der Waals surface area contributed by atoms with Crippen LogP contribution in [0.5, 0.6) is 0 Å². The van der Waals surface area contributed by atoms with Gasteiger partial charge in [-0.15, -0.1) is 0 Å². The van der Waals surface area contributed by atoms with Crippen molar-refractivity contribution in [3.05, 3.63) is 29.7 Å². The summed E-state index contributed by atoms with van der Waals surface area (Å²) in [6.45, 7) is 6.09. The Bertz CT molecular complexity index is 493. The Morgan fingerprint density at radius 1 is 1.44 bits per heavy atom. The van der Waals surface area contributed by atoms with Crippen LogP contribution in [-0.2, 0) is 6.42 Å². The molecule has 0 saturated heterocycles. The van der Waals surface area contributed by atoms with Gasteiger partial charge in [-0.1, -0.05) is 6.07 Å². The van der Waals surface area contributed by atoms with Gasteiger partial charge < -0.3 is 5.73 Å². The highest BCUT2D eigenvalue weighted by Gasteiger charge is 2.13. The molecule has 0 aromatic carbocycles. The summed E-state index contributed by atoms with van der Waals surface area (Å²) in [6.07, 6.45) is 3.64. The van der Waals surface area contributed by atoms with Gasteiger partial charge in [-0.05, 0) is 38.8 Å². The van der Waals surface area contributed by atoms with Crippen LogP contribution in [-0.4, -0.2) is 20.1 Å². The van der Waals surface area contributed by atoms with Crippen LogP contribution in [0.25, 0.3) is 5.65 Å². The van der Waals surface area contributed by atoms with Crippen molar-refractivity contribution < 1.29 is 0 Å². The molecule has 0 spiro atoms. The summed E-state index contributed by atoms with van der Waals surface area (Å²) in [6, 6.07) is 4.02. The van der Waals surface area contributed by atoms with Gasteiger partial charge in [0.1, 0.15) is 0 Å². The van der Waals surface area contributed by atoms with E-state index in [1.807, 2.05) is 43.6 Å². The van der Waals surface area contributed by atoms with Crippen LogP contribution < -0.4 is 5.73 Å². The first kappa shape index (κ1) is 11.1. The summed E-state index contributed by atoms with van der Waals surface area (Å²) in [5.74, 6) is 0.868. The first-order valence-corrected chi connectivity index (χ1v) is 5.55. The van der Waals surface area contributed by atoms with E-state index in [-0.39, 0.29) is 5.54 Å². The zero-order valence-electron chi connectivity index (χ0n) is 10.1. The van der Waals surface area contributed by atoms with Crippen LogP contribution in [0.1, 0.15) is 31.7 Å². The maximum atomic E-state index is 5.95. The minimum atomic E-state index is -0.160. The minimum absolute atomic E-state index is 0.160. The molecule has 2 rings (SSSR count). The quantitative estimate of drug-likeness (QED) is 0.853. The third kappa shape index (κ3) is 2.39. The number of nitrogens with zero attached hydrogens (tertiary/aromatic N) is 3. The Balaban J connectivity index is 2.24. The van der Waals surface area contributed by atoms with Crippen molar-refractivity contribution in [2.75, 3.05) is 0 Å². The monoisotopic (exact) mass is 218 g/mol. The van der Waals surface area contributed by atoms with E-state index in [2.05, 4.69) is 10.1 Å². The molecular formula is C12H18N4. The predicted octanol–water partition coefficient (Wildman–Crippen LogP) is 1.71. The van der Waals surface area contributed by atoms with E-state index in [1.54, 1.807) is 0 Å². The molecule has 0 aliphatic rings. The molecule has 2 heterocycles. The summed E-state index contributed by atoms with van der Waals surface area (Å²) in [4.78, 5) is 4.51. The van der Waals surface area contributed by atoms with Crippen LogP contribution in [0.3, 0.4) is 0 Å². The van der Waals surface area contributed by atoms with E-state index in [9.17, 15) is 0 Å². The lowest BCUT2D eigenvalue weighted by Crippen LogP contribution is -2.32. The van der Waals surface area contributed by atoms with Gasteiger partial charge >= 0.3 is 0 Å². The molecule has 0 bridgehead atoms. The number of nitrogens with two attached hydrogens (primary N) is 1. The van der Waals surface area contributed by atoms with Crippen molar-refractivity contribution in [1.29, 1.82) is 0 Å². The first-order valence-electron chi connectivity index (χ1n) is 5.55. The maximum absolute atomic E-state index is 5.95. The smallest absolute Gasteiger partial charge is 0.158 e. The fourth-order valence-corrected chi connectivity index (χ4v) is 1.62. The molecule has 4 heteroatoms. The summed E-state index contributed by atoms with van der Waals surface area (Å²) in [5.41, 5.74) is 7.87. The Morgan fingerprint density at radius 2 is 2.19 bits per heavy atom. The summed E-state index contributed by atoms with van der Waals surface area (Å²) < 4.78 is 1.83. The topological polar surface area (TPSA) is 56.2 Å². The van der Waals surface area contributed by atoms with Gasteiger partial charge in [-0.25, -0.2) is 9.50 Å². The van der Waals surface area contributed by atoms with Gasteiger partial charge in [0.05, 0.1) is 0 Å². The van der Waals surface area contributed by atoms with Crippen molar-refractivity contribution in [3.63, 3.8) is 0 Å². The molecule has 4 nitrogen and oxygen atoms in total. The molecule has 2 N–H and O–H groups in total. The molecule has 16 heavy (non-hydrogen) atoms. The van der Waals surface area contributed by atoms with E-state index in [0.29, 0.717) is 0 Å². The van der Waals surface area contributed by atoms with E-state index in [1.165, 1.54) is 0 Å². The van der Waals surface area contributed by atoms with Gasteiger partial charge in [0, 0.05) is 18.2 Å². The van der Waals surface area contributed by atoms with Gasteiger partial charge in [0.25, 0.3) is 0 Å². The first-order chi connectivity index (χ1) is 7.46. The van der Waals surface area contributed by atoms with Gasteiger partial charge in [-0.3, -0.25) is 0 Å². The predicted molar refractivity (Wildman–Crippen MR) is 64.3 cm³/mol. The molecule has 86 valence electrons. The fourth-order valence-electron chi connectivity index (χ4n) is 1.62. The summed E-state index contributed by atoms with van der Waals surface area (Å²) in [7, 11) is 0. The second kappa shape index (κ2) is 3.87. The van der Waals surface area contributed by atoms with Crippen molar-refractivity contribution >= 4 is 5.65 Å². The number of fused-ring (bicyclic) bond motifs is 1. The van der Waals surface area contributed by atoms with Crippen molar-refractivity contribution in [1.82, 2.24) is 14.6 Å². The molecular weight excluding hydrogens is 200 g/mol. The zero-order chi connectivity index (χ0) is 11.8. The maximum Gasteiger partial charge on any atom is 0.158 e. The molecule has 0 fully saturated rings. The van der Waals surface area contributed by atoms with E-state index in [0.717, 1.165) is 29.9 Å². The van der Waals surface area contributed by atoms with Gasteiger partial charge in [-0.2, -0.15) is 5.10 Å². The van der Waals surface area contributed by atoms with Crippen LogP contribution >= 0.6 is 0 Å². The molecule has 0 aliphatic heterocycles. The highest BCUT2D eigenvalue weighted by atomic mass is 15.3. The number of aromatic nitrogens is 3. The second-order valence-electron chi connectivity index (χ2n) is 4.98. The number of rotatable bonds is 3. The number of pyridine rings is 1. The Morgan fingerprint density at radius 3 is 2.81 bits per heavy atom. The highest BCUT2D eigenvalue weighted by Crippen LogP contribution is 2.11. The Hall–Kier alpha value is -1.42. The standard InChI is InChI=1S/C12H18N4/c1-9-5-4-8-16-11(9)14-10(15-16)6-7-12(2,3)13/h4-5,8H,6-7,13H2,1-3H3. The molecule has 0 unspecified atom stereocenters. The van der Waals surface area contributed by atoms with Gasteiger partial charge in [0.15, 0.2) is 11.5 Å². The lowest BCUT2D eigenvalue weighted by atomic mass is 10.0. The van der Waals surface area contributed by atoms with E-state index < -0.39 is 0 Å². The van der Waals surface area contributed by atoms with Crippen molar-refractivity contribution in [2.45, 2.75) is 39.2 Å². The fraction of sp³-hybridized carbons (Fsp3) is 0.500. The average molecular weight is 218 g/mol. The average Bonchev–Trinajstić information content (AvgIpc) is 2.58. The highest BCUT2D eigenvalue weighted by molar-refractivity contribution is 5.45. The lowest BCUT2D eigenvalue weighted by Gasteiger charge is -2.16. The molecule has 2 aromatic rings. The number of aryl methyl sites for hydroxylation is 2. The molecule has 0 atom stereocenters. The van der Waals surface area contributed by atoms with Crippen LogP contribution in [0.2, 0.25) is 0 Å². The second-order valence-corrected chi connectivity index (χ2v) is 4.98. The Labute approximate surface area is 95.5 Å². The summed E-state index contributed by atoms with van der Waals surface area (Å²) >= 11 is 0. The van der Waals surface area contributed by atoms with Gasteiger partial charge in [0.2, 0.25) is 0 Å². The normalized spacial score (nSPS) is 12.2. The Kier molecular flexibility index (Phi) is 2.68. The third-order valence-electron chi connectivity index (χ3n) is 2.59. The number of hydrogen-bond acceptors (Lipinski definition) is 3. The van der Waals surface area contributed by atoms with E-state index in [4.69, 9.17) is 5.73 Å². The third-order valence-corrected chi connectivity index (χ3v) is 2.59. The van der Waals surface area contributed by atoms with Crippen molar-refractivity contribution in [3.8, 4) is 0 Å². The lowest BCUT2D eigenvalue weighted by molar-refractivity contribution is 0.471. The molecule has 2 aromatic heterocycles. The van der Waals surface area contributed by atoms with Crippen LogP contribution in [0, 0.1) is 6.92 Å². The SMILES string of the molecule is Cc1cccn2nc(CCC(C)(C)N)nc12. The molecule has 0 saturated carbocycles. The largest absolute Gasteiger partial charge is 0.326 e. The molecule has 0 radical (unpaired) electrons. The van der Waals surface area contributed by atoms with Crippen molar-refractivity contribution in [2.24, 2.45) is 5.73 Å². The van der Waals surface area contributed by atoms with Crippen LogP contribution in [0.4, 0.5) is 0 Å². The minimum Gasteiger partial charge on any atom is -0.326 e. The number of hydrogen-bond donors (Lipinski definition) is 1. The zero-order valence-corrected chi connectivity index (χ0v) is 10.1. The summed E-state index contributed by atoms with van der Waals surface area (Å²) in [5, 5.41) is 4.43.